The second-order valence-electron chi connectivity index (χ2n) is 8.94. The van der Waals surface area contributed by atoms with Gasteiger partial charge in [0.15, 0.2) is 12.6 Å². The van der Waals surface area contributed by atoms with Crippen LogP contribution in [0.5, 0.6) is 0 Å². The van der Waals surface area contributed by atoms with Crippen LogP contribution in [0.25, 0.3) is 0 Å². The summed E-state index contributed by atoms with van der Waals surface area (Å²) in [5.41, 5.74) is 0.235. The Morgan fingerprint density at radius 2 is 1.62 bits per heavy atom. The van der Waals surface area contributed by atoms with Gasteiger partial charge >= 0.3 is 0 Å². The summed E-state index contributed by atoms with van der Waals surface area (Å²) in [7, 11) is 0. The maximum atomic E-state index is 10.7. The Labute approximate surface area is 188 Å². The first-order valence-electron chi connectivity index (χ1n) is 10.9. The van der Waals surface area contributed by atoms with Crippen LogP contribution in [0.1, 0.15) is 40.5 Å². The van der Waals surface area contributed by atoms with Gasteiger partial charge in [0.25, 0.3) is 0 Å². The summed E-state index contributed by atoms with van der Waals surface area (Å²) < 4.78 is 23.0. The number of ether oxygens (including phenoxy) is 4. The van der Waals surface area contributed by atoms with Crippen molar-refractivity contribution < 1.29 is 49.6 Å². The van der Waals surface area contributed by atoms with E-state index in [-0.39, 0.29) is 0 Å². The van der Waals surface area contributed by atoms with Crippen LogP contribution in [0.3, 0.4) is 0 Å². The van der Waals surface area contributed by atoms with Crippen molar-refractivity contribution in [2.45, 2.75) is 108 Å². The van der Waals surface area contributed by atoms with Gasteiger partial charge < -0.3 is 49.6 Å². The number of aliphatic hydroxyl groups excluding tert-OH is 6. The van der Waals surface area contributed by atoms with Gasteiger partial charge in [-0.25, -0.2) is 0 Å². The maximum absolute atomic E-state index is 10.7. The highest BCUT2D eigenvalue weighted by Gasteiger charge is 2.51. The lowest BCUT2D eigenvalue weighted by molar-refractivity contribution is -0.373. The van der Waals surface area contributed by atoms with Crippen LogP contribution in [-0.2, 0) is 18.9 Å². The number of rotatable bonds is 9. The van der Waals surface area contributed by atoms with Crippen molar-refractivity contribution in [1.29, 1.82) is 0 Å². The zero-order valence-corrected chi connectivity index (χ0v) is 19.1. The predicted molar refractivity (Wildman–Crippen MR) is 113 cm³/mol. The van der Waals surface area contributed by atoms with Gasteiger partial charge in [-0.2, -0.15) is 0 Å². The minimum absolute atomic E-state index is 0.529. The highest BCUT2D eigenvalue weighted by Crippen LogP contribution is 2.33. The van der Waals surface area contributed by atoms with E-state index < -0.39 is 73.6 Å². The first-order chi connectivity index (χ1) is 14.9. The van der Waals surface area contributed by atoms with E-state index in [0.717, 1.165) is 5.57 Å². The minimum Gasteiger partial charge on any atom is -0.394 e. The van der Waals surface area contributed by atoms with Crippen molar-refractivity contribution in [3.63, 3.8) is 0 Å². The van der Waals surface area contributed by atoms with Crippen LogP contribution in [0.2, 0.25) is 0 Å². The molecular weight excluding hydrogens is 424 g/mol. The molecule has 6 N–H and O–H groups in total. The molecule has 0 bridgehead atoms. The maximum Gasteiger partial charge on any atom is 0.188 e. The van der Waals surface area contributed by atoms with Crippen LogP contribution in [0, 0.1) is 0 Å². The molecule has 10 nitrogen and oxygen atoms in total. The van der Waals surface area contributed by atoms with E-state index >= 15 is 0 Å². The van der Waals surface area contributed by atoms with Gasteiger partial charge in [0.2, 0.25) is 0 Å². The molecule has 0 saturated carbocycles. The molecule has 2 aliphatic heterocycles. The second-order valence-corrected chi connectivity index (χ2v) is 8.94. The Hall–Kier alpha value is -0.920. The van der Waals surface area contributed by atoms with Crippen LogP contribution >= 0.6 is 0 Å². The summed E-state index contributed by atoms with van der Waals surface area (Å²) in [6, 6.07) is 0. The summed E-state index contributed by atoms with van der Waals surface area (Å²) in [6.07, 6.45) is -8.75. The fraction of sp³-hybridized carbons (Fsp3) is 0.818. The zero-order valence-electron chi connectivity index (χ0n) is 19.1. The molecule has 2 saturated heterocycles. The molecule has 32 heavy (non-hydrogen) atoms. The van der Waals surface area contributed by atoms with Crippen molar-refractivity contribution >= 4 is 0 Å². The lowest BCUT2D eigenvalue weighted by Crippen LogP contribution is -2.64. The largest absolute Gasteiger partial charge is 0.394 e. The van der Waals surface area contributed by atoms with Gasteiger partial charge in [0.05, 0.1) is 18.3 Å². The highest BCUT2D eigenvalue weighted by molar-refractivity contribution is 5.01. The quantitative estimate of drug-likeness (QED) is 0.243. The number of allylic oxidation sites excluding steroid dienone is 2. The molecular formula is C22H38O10. The van der Waals surface area contributed by atoms with E-state index in [1.54, 1.807) is 13.0 Å². The molecule has 0 aromatic carbocycles. The minimum atomic E-state index is -1.62. The fourth-order valence-corrected chi connectivity index (χ4v) is 3.70. The lowest BCUT2D eigenvalue weighted by atomic mass is 9.96. The molecule has 11 atom stereocenters. The Morgan fingerprint density at radius 1 is 0.969 bits per heavy atom. The zero-order chi connectivity index (χ0) is 24.2. The van der Waals surface area contributed by atoms with Crippen LogP contribution in [0.15, 0.2) is 24.3 Å². The Bertz CT molecular complexity index is 638. The molecule has 10 unspecified atom stereocenters. The fourth-order valence-electron chi connectivity index (χ4n) is 3.70. The van der Waals surface area contributed by atoms with Crippen molar-refractivity contribution in [2.24, 2.45) is 0 Å². The van der Waals surface area contributed by atoms with E-state index in [0.29, 0.717) is 12.8 Å². The van der Waals surface area contributed by atoms with Gasteiger partial charge in [0.1, 0.15) is 42.7 Å². The molecule has 186 valence electrons. The molecule has 2 fully saturated rings. The molecule has 0 aromatic heterocycles. The van der Waals surface area contributed by atoms with Crippen LogP contribution in [0.4, 0.5) is 0 Å². The summed E-state index contributed by atoms with van der Waals surface area (Å²) in [4.78, 5) is 0. The molecule has 2 heterocycles. The summed E-state index contributed by atoms with van der Waals surface area (Å²) in [5, 5.41) is 60.8. The second kappa shape index (κ2) is 11.5. The summed E-state index contributed by atoms with van der Waals surface area (Å²) >= 11 is 0. The van der Waals surface area contributed by atoms with Crippen LogP contribution in [-0.4, -0.2) is 104 Å². The summed E-state index contributed by atoms with van der Waals surface area (Å²) in [6.45, 7) is 10.5. The van der Waals surface area contributed by atoms with Gasteiger partial charge in [-0.3, -0.25) is 0 Å². The van der Waals surface area contributed by atoms with E-state index in [9.17, 15) is 30.6 Å². The number of hydrogen-bond acceptors (Lipinski definition) is 10. The third-order valence-electron chi connectivity index (χ3n) is 5.93. The van der Waals surface area contributed by atoms with E-state index in [1.807, 2.05) is 19.9 Å². The van der Waals surface area contributed by atoms with E-state index in [2.05, 4.69) is 6.58 Å². The molecule has 0 aliphatic carbocycles. The van der Waals surface area contributed by atoms with E-state index in [1.165, 1.54) is 6.92 Å². The van der Waals surface area contributed by atoms with Gasteiger partial charge in [-0.05, 0) is 40.5 Å². The van der Waals surface area contributed by atoms with Crippen molar-refractivity contribution in [3.8, 4) is 0 Å². The number of hydrogen-bond donors (Lipinski definition) is 6. The average molecular weight is 463 g/mol. The molecule has 0 radical (unpaired) electrons. The Morgan fingerprint density at radius 3 is 2.19 bits per heavy atom. The molecule has 0 spiro atoms. The Kier molecular flexibility index (Phi) is 9.80. The normalized spacial score (nSPS) is 42.2. The van der Waals surface area contributed by atoms with E-state index in [4.69, 9.17) is 18.9 Å². The van der Waals surface area contributed by atoms with Crippen molar-refractivity contribution in [2.75, 3.05) is 6.61 Å². The van der Waals surface area contributed by atoms with Crippen molar-refractivity contribution in [3.05, 3.63) is 24.3 Å². The molecule has 0 amide bonds. The number of aliphatic hydroxyl groups is 6. The average Bonchev–Trinajstić information content (AvgIpc) is 2.74. The predicted octanol–water partition coefficient (Wildman–Crippen LogP) is -0.654. The summed E-state index contributed by atoms with van der Waals surface area (Å²) in [5.74, 6) is 0. The lowest BCUT2D eigenvalue weighted by Gasteiger charge is -2.47. The van der Waals surface area contributed by atoms with Gasteiger partial charge in [-0.15, -0.1) is 6.58 Å². The highest BCUT2D eigenvalue weighted by atomic mass is 16.8. The van der Waals surface area contributed by atoms with Gasteiger partial charge in [-0.1, -0.05) is 17.7 Å². The molecule has 2 aliphatic rings. The standard InChI is InChI=1S/C22H38O10/c1-6-22(5,9-7-8-11(2)3)32-21-19(17(27)15(25)13(10-23)30-21)31-20-18(28)16(26)14(24)12(4)29-20/h6,8,12-21,23-28H,1,7,9-10H2,2-5H3/t12?,13?,14?,15?,16?,17?,18?,19?,20?,21?,22-/m0/s1. The SMILES string of the molecule is C=C[C@@](C)(CCC=C(C)C)OC1OC(CO)C(O)C(O)C1OC1OC(C)C(O)C(O)C1O. The molecule has 10 heteroatoms. The Balaban J connectivity index is 2.24. The smallest absolute Gasteiger partial charge is 0.188 e. The topological polar surface area (TPSA) is 158 Å². The van der Waals surface area contributed by atoms with Crippen molar-refractivity contribution in [1.82, 2.24) is 0 Å². The first-order valence-corrected chi connectivity index (χ1v) is 10.9. The third kappa shape index (κ3) is 6.35. The van der Waals surface area contributed by atoms with Gasteiger partial charge in [0, 0.05) is 0 Å². The first kappa shape index (κ1) is 27.3. The molecule has 0 aromatic rings. The third-order valence-corrected chi connectivity index (χ3v) is 5.93. The molecule has 2 rings (SSSR count). The monoisotopic (exact) mass is 462 g/mol. The van der Waals surface area contributed by atoms with Crippen LogP contribution < -0.4 is 0 Å².